The van der Waals surface area contributed by atoms with Crippen LogP contribution in [0.3, 0.4) is 0 Å². The van der Waals surface area contributed by atoms with Crippen molar-refractivity contribution in [3.63, 3.8) is 0 Å². The van der Waals surface area contributed by atoms with Gasteiger partial charge in [0.1, 0.15) is 18.2 Å². The van der Waals surface area contributed by atoms with E-state index in [0.29, 0.717) is 16.8 Å². The number of fused-ring (bicyclic) bond motifs is 1. The van der Waals surface area contributed by atoms with E-state index in [2.05, 4.69) is 10.6 Å². The number of hydrogen-bond donors (Lipinski definition) is 2. The third-order valence-electron chi connectivity index (χ3n) is 4.53. The van der Waals surface area contributed by atoms with Crippen LogP contribution in [-0.2, 0) is 11.3 Å². The number of urea groups is 1. The summed E-state index contributed by atoms with van der Waals surface area (Å²) >= 11 is 0. The molecule has 2 aromatic rings. The maximum atomic E-state index is 14.2. The summed E-state index contributed by atoms with van der Waals surface area (Å²) in [6.07, 6.45) is 0. The lowest BCUT2D eigenvalue weighted by atomic mass is 10.1. The quantitative estimate of drug-likeness (QED) is 0.848. The number of aryl methyl sites for hydroxylation is 1. The molecule has 0 saturated heterocycles. The van der Waals surface area contributed by atoms with Crippen LogP contribution in [-0.4, -0.2) is 23.4 Å². The number of nitriles is 1. The van der Waals surface area contributed by atoms with Gasteiger partial charge in [0.05, 0.1) is 29.9 Å². The number of nitrogens with zero attached hydrogens (tertiary/aromatic N) is 2. The molecule has 0 aromatic heterocycles. The molecule has 1 aliphatic rings. The van der Waals surface area contributed by atoms with Gasteiger partial charge in [-0.15, -0.1) is 0 Å². The number of carbonyl (C=O) groups excluding carboxylic acids is 2. The lowest BCUT2D eigenvalue weighted by molar-refractivity contribution is -0.122. The molecule has 0 radical (unpaired) electrons. The minimum atomic E-state index is -0.667. The summed E-state index contributed by atoms with van der Waals surface area (Å²) in [6, 6.07) is 7.69. The third-order valence-corrected chi connectivity index (χ3v) is 4.53. The van der Waals surface area contributed by atoms with Crippen LogP contribution < -0.4 is 10.6 Å². The van der Waals surface area contributed by atoms with Gasteiger partial charge in [-0.1, -0.05) is 6.07 Å². The fraction of sp³-hybridized carbons (Fsp3) is 0.250. The molecule has 0 unspecified atom stereocenters. The van der Waals surface area contributed by atoms with Gasteiger partial charge < -0.3 is 15.5 Å². The Balaban J connectivity index is 1.68. The monoisotopic (exact) mass is 384 g/mol. The van der Waals surface area contributed by atoms with Crippen LogP contribution in [0.15, 0.2) is 30.3 Å². The van der Waals surface area contributed by atoms with Crippen LogP contribution in [0.1, 0.15) is 35.2 Å². The highest BCUT2D eigenvalue weighted by atomic mass is 19.1. The molecule has 3 amide bonds. The average Bonchev–Trinajstić information content (AvgIpc) is 2.62. The molecular weight excluding hydrogens is 366 g/mol. The lowest BCUT2D eigenvalue weighted by Crippen LogP contribution is -2.45. The first-order valence-corrected chi connectivity index (χ1v) is 8.62. The van der Waals surface area contributed by atoms with Gasteiger partial charge >= 0.3 is 6.03 Å². The van der Waals surface area contributed by atoms with Crippen molar-refractivity contribution in [3.05, 3.63) is 64.2 Å². The summed E-state index contributed by atoms with van der Waals surface area (Å²) in [5, 5.41) is 14.0. The molecule has 3 rings (SSSR count). The largest absolute Gasteiger partial charge is 0.348 e. The molecule has 8 heteroatoms. The summed E-state index contributed by atoms with van der Waals surface area (Å²) in [5.74, 6) is -1.57. The zero-order chi connectivity index (χ0) is 20.4. The van der Waals surface area contributed by atoms with E-state index >= 15 is 0 Å². The second-order valence-corrected chi connectivity index (χ2v) is 6.70. The number of anilines is 1. The fourth-order valence-electron chi connectivity index (χ4n) is 3.12. The molecule has 1 atom stereocenters. The van der Waals surface area contributed by atoms with Gasteiger partial charge in [0.15, 0.2) is 0 Å². The second-order valence-electron chi connectivity index (χ2n) is 6.70. The molecule has 2 N–H and O–H groups in total. The van der Waals surface area contributed by atoms with Crippen molar-refractivity contribution in [2.45, 2.75) is 26.4 Å². The lowest BCUT2D eigenvalue weighted by Gasteiger charge is -2.29. The van der Waals surface area contributed by atoms with Crippen LogP contribution >= 0.6 is 0 Å². The van der Waals surface area contributed by atoms with Gasteiger partial charge in [0.2, 0.25) is 5.91 Å². The maximum absolute atomic E-state index is 14.2. The molecular formula is C20H18F2N4O2. The van der Waals surface area contributed by atoms with Gasteiger partial charge in [-0.05, 0) is 43.7 Å². The first-order chi connectivity index (χ1) is 13.3. The van der Waals surface area contributed by atoms with Crippen molar-refractivity contribution >= 4 is 17.6 Å². The van der Waals surface area contributed by atoms with E-state index in [0.717, 1.165) is 6.07 Å². The fourth-order valence-corrected chi connectivity index (χ4v) is 3.12. The first-order valence-electron chi connectivity index (χ1n) is 8.62. The number of rotatable bonds is 4. The van der Waals surface area contributed by atoms with Crippen molar-refractivity contribution in [3.8, 4) is 6.07 Å². The SMILES string of the molecule is Cc1cc(F)c2c(c1)NC(=O)N(CC(=O)N[C@@H](C)c1ccc(C#N)cc1F)C2. The summed E-state index contributed by atoms with van der Waals surface area (Å²) < 4.78 is 28.2. The Labute approximate surface area is 160 Å². The predicted octanol–water partition coefficient (Wildman–Crippen LogP) is 3.37. The third kappa shape index (κ3) is 3.93. The average molecular weight is 384 g/mol. The van der Waals surface area contributed by atoms with Crippen LogP contribution in [0, 0.1) is 29.9 Å². The van der Waals surface area contributed by atoms with Gasteiger partial charge in [-0.2, -0.15) is 5.26 Å². The Morgan fingerprint density at radius 1 is 1.32 bits per heavy atom. The van der Waals surface area contributed by atoms with E-state index in [9.17, 15) is 18.4 Å². The molecule has 0 saturated carbocycles. The Kier molecular flexibility index (Phi) is 5.27. The highest BCUT2D eigenvalue weighted by molar-refractivity contribution is 5.95. The van der Waals surface area contributed by atoms with Crippen molar-refractivity contribution in [1.82, 2.24) is 10.2 Å². The smallest absolute Gasteiger partial charge is 0.322 e. The number of nitrogens with one attached hydrogen (secondary N) is 2. The van der Waals surface area contributed by atoms with Crippen molar-refractivity contribution in [2.24, 2.45) is 0 Å². The van der Waals surface area contributed by atoms with Crippen molar-refractivity contribution in [1.29, 1.82) is 5.26 Å². The Morgan fingerprint density at radius 2 is 2.07 bits per heavy atom. The molecule has 6 nitrogen and oxygen atoms in total. The Hall–Kier alpha value is -3.47. The van der Waals surface area contributed by atoms with Gasteiger partial charge in [-0.3, -0.25) is 4.79 Å². The Bertz CT molecular complexity index is 1000. The van der Waals surface area contributed by atoms with Crippen LogP contribution in [0.2, 0.25) is 0 Å². The normalized spacial score (nSPS) is 14.0. The molecule has 2 aromatic carbocycles. The van der Waals surface area contributed by atoms with E-state index in [1.54, 1.807) is 19.9 Å². The number of benzene rings is 2. The topological polar surface area (TPSA) is 85.2 Å². The van der Waals surface area contributed by atoms with Crippen LogP contribution in [0.4, 0.5) is 19.3 Å². The number of hydrogen-bond acceptors (Lipinski definition) is 3. The van der Waals surface area contributed by atoms with E-state index in [1.165, 1.54) is 23.1 Å². The molecule has 0 spiro atoms. The second kappa shape index (κ2) is 7.64. The minimum absolute atomic E-state index is 0.0414. The highest BCUT2D eigenvalue weighted by Gasteiger charge is 2.27. The number of halogens is 2. The number of carbonyl (C=O) groups is 2. The Morgan fingerprint density at radius 3 is 2.75 bits per heavy atom. The van der Waals surface area contributed by atoms with E-state index in [4.69, 9.17) is 5.26 Å². The standard InChI is InChI=1S/C20H18F2N4O2/c1-11-5-16(21)15-9-26(20(28)25-18(15)6-11)10-19(27)24-12(2)14-4-3-13(8-23)7-17(14)22/h3-7,12H,9-10H2,1-2H3,(H,24,27)(H,25,28)/t12-/m0/s1. The first kappa shape index (κ1) is 19.3. The van der Waals surface area contributed by atoms with Gasteiger partial charge in [-0.25, -0.2) is 13.6 Å². The maximum Gasteiger partial charge on any atom is 0.322 e. The van der Waals surface area contributed by atoms with Crippen molar-refractivity contribution < 1.29 is 18.4 Å². The molecule has 0 aliphatic carbocycles. The minimum Gasteiger partial charge on any atom is -0.348 e. The molecule has 1 heterocycles. The number of amides is 3. The zero-order valence-corrected chi connectivity index (χ0v) is 15.3. The molecule has 1 aliphatic heterocycles. The van der Waals surface area contributed by atoms with E-state index in [-0.39, 0.29) is 24.2 Å². The highest BCUT2D eigenvalue weighted by Crippen LogP contribution is 2.27. The summed E-state index contributed by atoms with van der Waals surface area (Å²) in [7, 11) is 0. The predicted molar refractivity (Wildman–Crippen MR) is 98.2 cm³/mol. The summed E-state index contributed by atoms with van der Waals surface area (Å²) in [5.41, 5.74) is 1.79. The van der Waals surface area contributed by atoms with Gasteiger partial charge in [0, 0.05) is 11.1 Å². The van der Waals surface area contributed by atoms with Crippen molar-refractivity contribution in [2.75, 3.05) is 11.9 Å². The molecule has 144 valence electrons. The van der Waals surface area contributed by atoms with E-state index < -0.39 is 29.6 Å². The molecule has 0 fully saturated rings. The van der Waals surface area contributed by atoms with Gasteiger partial charge in [0.25, 0.3) is 0 Å². The zero-order valence-electron chi connectivity index (χ0n) is 15.3. The van der Waals surface area contributed by atoms with Crippen LogP contribution in [0.5, 0.6) is 0 Å². The van der Waals surface area contributed by atoms with E-state index in [1.807, 2.05) is 6.07 Å². The summed E-state index contributed by atoms with van der Waals surface area (Å²) in [4.78, 5) is 25.7. The van der Waals surface area contributed by atoms with Crippen LogP contribution in [0.25, 0.3) is 0 Å². The molecule has 28 heavy (non-hydrogen) atoms. The summed E-state index contributed by atoms with van der Waals surface area (Å²) in [6.45, 7) is 2.97. The molecule has 0 bridgehead atoms.